The molecular weight excluding hydrogens is 290 g/mol. The molecule has 0 atom stereocenters. The fourth-order valence-electron chi connectivity index (χ4n) is 1.64. The highest BCUT2D eigenvalue weighted by Gasteiger charge is 2.27. The van der Waals surface area contributed by atoms with Crippen LogP contribution >= 0.6 is 0 Å². The van der Waals surface area contributed by atoms with Gasteiger partial charge in [0.15, 0.2) is 0 Å². The molecule has 0 aromatic heterocycles. The minimum Gasteiger partial charge on any atom is -0.383 e. The average Bonchev–Trinajstić information content (AvgIpc) is 2.38. The monoisotopic (exact) mass is 308 g/mol. The van der Waals surface area contributed by atoms with E-state index in [4.69, 9.17) is 10.5 Å². The van der Waals surface area contributed by atoms with E-state index in [0.29, 0.717) is 19.0 Å². The van der Waals surface area contributed by atoms with Gasteiger partial charge in [0.25, 0.3) is 0 Å². The molecule has 0 amide bonds. The van der Waals surface area contributed by atoms with Gasteiger partial charge in [0, 0.05) is 26.3 Å². The van der Waals surface area contributed by atoms with Crippen LogP contribution in [-0.4, -0.2) is 46.1 Å². The zero-order chi connectivity index (χ0) is 15.2. The highest BCUT2D eigenvalue weighted by atomic mass is 32.2. The highest BCUT2D eigenvalue weighted by molar-refractivity contribution is 7.89. The van der Waals surface area contributed by atoms with Gasteiger partial charge in [-0.1, -0.05) is 0 Å². The topological polar surface area (TPSA) is 72.6 Å². The van der Waals surface area contributed by atoms with Gasteiger partial charge in [-0.25, -0.2) is 17.2 Å². The largest absolute Gasteiger partial charge is 0.383 e. The van der Waals surface area contributed by atoms with Gasteiger partial charge in [0.1, 0.15) is 16.5 Å². The predicted molar refractivity (Wildman–Crippen MR) is 70.7 cm³/mol. The highest BCUT2D eigenvalue weighted by Crippen LogP contribution is 2.20. The number of nitrogens with zero attached hydrogens (tertiary/aromatic N) is 1. The lowest BCUT2D eigenvalue weighted by Gasteiger charge is -2.21. The molecule has 0 aliphatic carbocycles. The first-order chi connectivity index (χ1) is 9.43. The molecule has 0 fully saturated rings. The summed E-state index contributed by atoms with van der Waals surface area (Å²) < 4.78 is 57.1. The molecule has 0 bridgehead atoms. The van der Waals surface area contributed by atoms with E-state index in [9.17, 15) is 17.2 Å². The number of ether oxygens (including phenoxy) is 1. The summed E-state index contributed by atoms with van der Waals surface area (Å²) in [5.41, 5.74) is 5.36. The van der Waals surface area contributed by atoms with Crippen LogP contribution in [0, 0.1) is 11.6 Å². The van der Waals surface area contributed by atoms with Crippen molar-refractivity contribution in [2.75, 3.05) is 33.4 Å². The van der Waals surface area contributed by atoms with Gasteiger partial charge in [-0.3, -0.25) is 0 Å². The minimum atomic E-state index is -4.04. The van der Waals surface area contributed by atoms with Crippen LogP contribution < -0.4 is 5.73 Å². The van der Waals surface area contributed by atoms with Crippen molar-refractivity contribution in [2.24, 2.45) is 5.73 Å². The molecule has 0 aliphatic rings. The third-order valence-corrected chi connectivity index (χ3v) is 4.60. The molecule has 0 saturated heterocycles. The number of rotatable bonds is 8. The fraction of sp³-hybridized carbons (Fsp3) is 0.500. The average molecular weight is 308 g/mol. The Hall–Kier alpha value is -1.09. The summed E-state index contributed by atoms with van der Waals surface area (Å²) in [6.45, 7) is 0.714. The second-order valence-electron chi connectivity index (χ2n) is 4.11. The predicted octanol–water partition coefficient (Wildman–Crippen LogP) is 0.951. The quantitative estimate of drug-likeness (QED) is 0.776. The van der Waals surface area contributed by atoms with Gasteiger partial charge < -0.3 is 10.5 Å². The van der Waals surface area contributed by atoms with E-state index in [1.54, 1.807) is 0 Å². The lowest BCUT2D eigenvalue weighted by atomic mass is 10.3. The summed E-state index contributed by atoms with van der Waals surface area (Å²) in [5, 5.41) is 0. The number of halogens is 2. The Morgan fingerprint density at radius 2 is 2.00 bits per heavy atom. The van der Waals surface area contributed by atoms with Crippen LogP contribution in [0.25, 0.3) is 0 Å². The van der Waals surface area contributed by atoms with Crippen LogP contribution in [0.2, 0.25) is 0 Å². The van der Waals surface area contributed by atoms with Gasteiger partial charge in [-0.15, -0.1) is 0 Å². The lowest BCUT2D eigenvalue weighted by Crippen LogP contribution is -2.36. The Morgan fingerprint density at radius 3 is 2.55 bits per heavy atom. The third-order valence-electron chi connectivity index (χ3n) is 2.67. The maximum atomic E-state index is 13.6. The molecular formula is C12H18F2N2O3S. The van der Waals surface area contributed by atoms with E-state index >= 15 is 0 Å². The first-order valence-corrected chi connectivity index (χ1v) is 7.51. The van der Waals surface area contributed by atoms with Crippen molar-refractivity contribution in [3.63, 3.8) is 0 Å². The maximum Gasteiger partial charge on any atom is 0.246 e. The Balaban J connectivity index is 3.07. The van der Waals surface area contributed by atoms with Crippen molar-refractivity contribution in [3.05, 3.63) is 29.8 Å². The van der Waals surface area contributed by atoms with Crippen molar-refractivity contribution < 1.29 is 21.9 Å². The van der Waals surface area contributed by atoms with Crippen molar-refractivity contribution in [2.45, 2.75) is 11.3 Å². The molecule has 0 heterocycles. The first-order valence-electron chi connectivity index (χ1n) is 6.07. The summed E-state index contributed by atoms with van der Waals surface area (Å²) >= 11 is 0. The second kappa shape index (κ2) is 7.63. The van der Waals surface area contributed by atoms with E-state index < -0.39 is 26.6 Å². The van der Waals surface area contributed by atoms with Gasteiger partial charge in [-0.05, 0) is 25.1 Å². The Morgan fingerprint density at radius 1 is 1.30 bits per heavy atom. The molecule has 0 unspecified atom stereocenters. The number of sulfonamides is 1. The van der Waals surface area contributed by atoms with Crippen LogP contribution in [0.1, 0.15) is 6.42 Å². The summed E-state index contributed by atoms with van der Waals surface area (Å²) in [4.78, 5) is -0.549. The summed E-state index contributed by atoms with van der Waals surface area (Å²) in [7, 11) is -2.60. The molecule has 0 radical (unpaired) electrons. The van der Waals surface area contributed by atoms with Crippen molar-refractivity contribution >= 4 is 10.0 Å². The fourth-order valence-corrected chi connectivity index (χ4v) is 3.14. The molecule has 20 heavy (non-hydrogen) atoms. The molecule has 2 N–H and O–H groups in total. The number of benzene rings is 1. The number of hydrogen-bond acceptors (Lipinski definition) is 4. The molecule has 114 valence electrons. The standard InChI is InChI=1S/C12H18F2N2O3S/c1-19-8-7-16(6-2-5-15)20(17,18)12-4-3-10(13)9-11(12)14/h3-4,9H,2,5-8,15H2,1H3. The molecule has 0 saturated carbocycles. The Kier molecular flexibility index (Phi) is 6.47. The minimum absolute atomic E-state index is 0.0790. The van der Waals surface area contributed by atoms with Gasteiger partial charge in [0.05, 0.1) is 6.61 Å². The third kappa shape index (κ3) is 4.20. The van der Waals surface area contributed by atoms with Gasteiger partial charge in [0.2, 0.25) is 10.0 Å². The SMILES string of the molecule is COCCN(CCCN)S(=O)(=O)c1ccc(F)cc1F. The number of hydrogen-bond donors (Lipinski definition) is 1. The van der Waals surface area contributed by atoms with Crippen molar-refractivity contribution in [3.8, 4) is 0 Å². The Labute approximate surface area is 117 Å². The van der Waals surface area contributed by atoms with Crippen LogP contribution in [0.3, 0.4) is 0 Å². The van der Waals surface area contributed by atoms with E-state index in [-0.39, 0.29) is 19.7 Å². The maximum absolute atomic E-state index is 13.6. The normalized spacial score (nSPS) is 12.1. The summed E-state index contributed by atoms with van der Waals surface area (Å²) in [5.74, 6) is -1.94. The van der Waals surface area contributed by atoms with E-state index in [2.05, 4.69) is 0 Å². The second-order valence-corrected chi connectivity index (χ2v) is 6.02. The van der Waals surface area contributed by atoms with Crippen LogP contribution in [0.15, 0.2) is 23.1 Å². The molecule has 1 aromatic rings. The first kappa shape index (κ1) is 17.0. The Bertz CT molecular complexity index is 530. The molecule has 8 heteroatoms. The lowest BCUT2D eigenvalue weighted by molar-refractivity contribution is 0.178. The zero-order valence-electron chi connectivity index (χ0n) is 11.2. The van der Waals surface area contributed by atoms with E-state index in [0.717, 1.165) is 16.4 Å². The zero-order valence-corrected chi connectivity index (χ0v) is 12.0. The summed E-state index contributed by atoms with van der Waals surface area (Å²) in [6, 6.07) is 2.37. The van der Waals surface area contributed by atoms with Gasteiger partial charge >= 0.3 is 0 Å². The van der Waals surface area contributed by atoms with E-state index in [1.165, 1.54) is 7.11 Å². The van der Waals surface area contributed by atoms with Crippen LogP contribution in [0.4, 0.5) is 8.78 Å². The molecule has 0 spiro atoms. The van der Waals surface area contributed by atoms with Crippen molar-refractivity contribution in [1.82, 2.24) is 4.31 Å². The smallest absolute Gasteiger partial charge is 0.246 e. The number of methoxy groups -OCH3 is 1. The van der Waals surface area contributed by atoms with E-state index in [1.807, 2.05) is 0 Å². The van der Waals surface area contributed by atoms with Crippen LogP contribution in [-0.2, 0) is 14.8 Å². The molecule has 0 aliphatic heterocycles. The number of nitrogens with two attached hydrogens (primary N) is 1. The molecule has 1 rings (SSSR count). The van der Waals surface area contributed by atoms with Gasteiger partial charge in [-0.2, -0.15) is 4.31 Å². The van der Waals surface area contributed by atoms with Crippen molar-refractivity contribution in [1.29, 1.82) is 0 Å². The summed E-state index contributed by atoms with van der Waals surface area (Å²) in [6.07, 6.45) is 0.436. The molecule has 1 aromatic carbocycles. The molecule has 5 nitrogen and oxygen atoms in total. The van der Waals surface area contributed by atoms with Crippen LogP contribution in [0.5, 0.6) is 0 Å².